The average Bonchev–Trinajstić information content (AvgIpc) is 2.87. The summed E-state index contributed by atoms with van der Waals surface area (Å²) in [7, 11) is -4.26. The van der Waals surface area contributed by atoms with Crippen LogP contribution in [-0.2, 0) is 26.2 Å². The fraction of sp³-hybridized carbons (Fsp3) is 0.259. The number of rotatable bonds is 10. The number of likely N-dealkylation sites (N-methyl/N-ethyl adjacent to an activating group) is 1. The lowest BCUT2D eigenvalue weighted by molar-refractivity contribution is -0.139. The minimum Gasteiger partial charge on any atom is -0.355 e. The van der Waals surface area contributed by atoms with E-state index in [1.54, 1.807) is 62.4 Å². The molecule has 1 N–H and O–H groups in total. The number of nitrogens with one attached hydrogen (secondary N) is 1. The molecule has 0 aromatic heterocycles. The molecule has 0 aliphatic carbocycles. The minimum atomic E-state index is -4.26. The first-order valence-electron chi connectivity index (χ1n) is 11.7. The summed E-state index contributed by atoms with van der Waals surface area (Å²) in [5.41, 5.74) is 1.77. The summed E-state index contributed by atoms with van der Waals surface area (Å²) >= 11 is 6.32. The lowest BCUT2D eigenvalue weighted by Gasteiger charge is -2.32. The number of halogens is 2. The molecule has 0 fully saturated rings. The van der Waals surface area contributed by atoms with Crippen LogP contribution in [0.4, 0.5) is 10.1 Å². The highest BCUT2D eigenvalue weighted by Crippen LogP contribution is 2.26. The molecule has 0 bridgehead atoms. The molecule has 0 spiro atoms. The Hall–Kier alpha value is -3.43. The summed E-state index contributed by atoms with van der Waals surface area (Å²) in [6, 6.07) is 17.0. The first kappa shape index (κ1) is 28.1. The maximum Gasteiger partial charge on any atom is 0.264 e. The molecule has 0 aliphatic heterocycles. The third kappa shape index (κ3) is 6.87. The molecule has 0 radical (unpaired) electrons. The van der Waals surface area contributed by atoms with E-state index in [1.165, 1.54) is 4.90 Å². The van der Waals surface area contributed by atoms with Gasteiger partial charge in [-0.3, -0.25) is 13.9 Å². The molecule has 3 rings (SSSR count). The van der Waals surface area contributed by atoms with Gasteiger partial charge in [-0.15, -0.1) is 0 Å². The van der Waals surface area contributed by atoms with Crippen molar-refractivity contribution in [2.24, 2.45) is 0 Å². The van der Waals surface area contributed by atoms with Crippen LogP contribution in [0.25, 0.3) is 0 Å². The predicted molar refractivity (Wildman–Crippen MR) is 142 cm³/mol. The minimum absolute atomic E-state index is 0.00482. The zero-order valence-corrected chi connectivity index (χ0v) is 22.4. The summed E-state index contributed by atoms with van der Waals surface area (Å²) in [4.78, 5) is 27.6. The van der Waals surface area contributed by atoms with Gasteiger partial charge in [0.05, 0.1) is 10.6 Å². The molecule has 10 heteroatoms. The molecule has 196 valence electrons. The van der Waals surface area contributed by atoms with Crippen molar-refractivity contribution in [3.63, 3.8) is 0 Å². The molecule has 1 atom stereocenters. The van der Waals surface area contributed by atoms with Crippen LogP contribution in [0, 0.1) is 12.7 Å². The molecule has 0 unspecified atom stereocenters. The molecule has 2 amide bonds. The molecule has 3 aromatic carbocycles. The summed E-state index contributed by atoms with van der Waals surface area (Å²) in [5, 5.41) is 3.12. The second kappa shape index (κ2) is 12.2. The second-order valence-electron chi connectivity index (χ2n) is 8.48. The van der Waals surface area contributed by atoms with Gasteiger partial charge < -0.3 is 10.2 Å². The van der Waals surface area contributed by atoms with Gasteiger partial charge in [0.25, 0.3) is 10.0 Å². The Morgan fingerprint density at radius 1 is 1.00 bits per heavy atom. The van der Waals surface area contributed by atoms with Crippen molar-refractivity contribution in [3.8, 4) is 0 Å². The van der Waals surface area contributed by atoms with Gasteiger partial charge >= 0.3 is 0 Å². The maximum atomic E-state index is 13.7. The van der Waals surface area contributed by atoms with E-state index in [9.17, 15) is 22.4 Å². The van der Waals surface area contributed by atoms with Crippen molar-refractivity contribution in [1.29, 1.82) is 0 Å². The van der Waals surface area contributed by atoms with E-state index in [0.717, 1.165) is 34.1 Å². The lowest BCUT2D eigenvalue weighted by Crippen LogP contribution is -2.51. The monoisotopic (exact) mass is 545 g/mol. The molecular weight excluding hydrogens is 517 g/mol. The maximum absolute atomic E-state index is 13.7. The molecule has 0 saturated carbocycles. The van der Waals surface area contributed by atoms with E-state index in [0.29, 0.717) is 17.1 Å². The van der Waals surface area contributed by atoms with Gasteiger partial charge in [-0.25, -0.2) is 12.8 Å². The number of hydrogen-bond acceptors (Lipinski definition) is 4. The number of anilines is 1. The molecule has 37 heavy (non-hydrogen) atoms. The quantitative estimate of drug-likeness (QED) is 0.405. The number of sulfonamides is 1. The third-order valence-corrected chi connectivity index (χ3v) is 7.98. The van der Waals surface area contributed by atoms with Crippen LogP contribution in [0.5, 0.6) is 0 Å². The van der Waals surface area contributed by atoms with E-state index in [4.69, 9.17) is 11.6 Å². The largest absolute Gasteiger partial charge is 0.355 e. The SMILES string of the molecule is CCNC(=O)[C@H](C)N(Cc1ccccc1Cl)C(=O)CN(c1ccc(C)cc1)S(=O)(=O)c1ccc(F)cc1. The smallest absolute Gasteiger partial charge is 0.264 e. The van der Waals surface area contributed by atoms with Crippen LogP contribution >= 0.6 is 11.6 Å². The number of nitrogens with zero attached hydrogens (tertiary/aromatic N) is 2. The van der Waals surface area contributed by atoms with Gasteiger partial charge in [-0.1, -0.05) is 47.5 Å². The Morgan fingerprint density at radius 2 is 1.62 bits per heavy atom. The average molecular weight is 546 g/mol. The number of aryl methyl sites for hydroxylation is 1. The highest BCUT2D eigenvalue weighted by atomic mass is 35.5. The Labute approximate surface area is 221 Å². The van der Waals surface area contributed by atoms with E-state index < -0.39 is 34.3 Å². The fourth-order valence-electron chi connectivity index (χ4n) is 3.69. The van der Waals surface area contributed by atoms with E-state index in [1.807, 2.05) is 6.92 Å². The van der Waals surface area contributed by atoms with Gasteiger partial charge in [0, 0.05) is 18.1 Å². The zero-order valence-electron chi connectivity index (χ0n) is 20.8. The topological polar surface area (TPSA) is 86.8 Å². The molecule has 0 saturated heterocycles. The van der Waals surface area contributed by atoms with Gasteiger partial charge in [0.2, 0.25) is 11.8 Å². The first-order chi connectivity index (χ1) is 17.5. The van der Waals surface area contributed by atoms with Gasteiger partial charge in [-0.05, 0) is 68.8 Å². The van der Waals surface area contributed by atoms with Crippen LogP contribution in [0.3, 0.4) is 0 Å². The van der Waals surface area contributed by atoms with Gasteiger partial charge in [0.1, 0.15) is 18.4 Å². The fourth-order valence-corrected chi connectivity index (χ4v) is 5.30. The Balaban J connectivity index is 2.03. The molecule has 3 aromatic rings. The van der Waals surface area contributed by atoms with Crippen molar-refractivity contribution in [2.45, 2.75) is 38.3 Å². The van der Waals surface area contributed by atoms with E-state index >= 15 is 0 Å². The van der Waals surface area contributed by atoms with Crippen molar-refractivity contribution in [2.75, 3.05) is 17.4 Å². The molecule has 7 nitrogen and oxygen atoms in total. The lowest BCUT2D eigenvalue weighted by atomic mass is 10.1. The van der Waals surface area contributed by atoms with Crippen LogP contribution in [0.15, 0.2) is 77.7 Å². The number of carbonyl (C=O) groups is 2. The van der Waals surface area contributed by atoms with Crippen LogP contribution < -0.4 is 9.62 Å². The van der Waals surface area contributed by atoms with Crippen LogP contribution in [-0.4, -0.2) is 44.3 Å². The zero-order chi connectivity index (χ0) is 27.2. The third-order valence-electron chi connectivity index (χ3n) is 5.82. The summed E-state index contributed by atoms with van der Waals surface area (Å²) in [6.45, 7) is 4.97. The number of hydrogen-bond donors (Lipinski definition) is 1. The van der Waals surface area contributed by atoms with Gasteiger partial charge in [-0.2, -0.15) is 0 Å². The molecule has 0 aliphatic rings. The summed E-state index contributed by atoms with van der Waals surface area (Å²) in [5.74, 6) is -1.57. The Kier molecular flexibility index (Phi) is 9.29. The van der Waals surface area contributed by atoms with Crippen molar-refractivity contribution >= 4 is 39.1 Å². The first-order valence-corrected chi connectivity index (χ1v) is 13.5. The standard InChI is InChI=1S/C27H29ClFN3O4S/c1-4-30-27(34)20(3)31(17-21-7-5-6-8-25(21)28)26(33)18-32(23-13-9-19(2)10-14-23)37(35,36)24-15-11-22(29)12-16-24/h5-16,20H,4,17-18H2,1-3H3,(H,30,34)/t20-/m0/s1. The summed E-state index contributed by atoms with van der Waals surface area (Å²) < 4.78 is 41.7. The summed E-state index contributed by atoms with van der Waals surface area (Å²) in [6.07, 6.45) is 0. The number of benzene rings is 3. The van der Waals surface area contributed by atoms with E-state index in [2.05, 4.69) is 5.32 Å². The molecule has 0 heterocycles. The van der Waals surface area contributed by atoms with E-state index in [-0.39, 0.29) is 23.0 Å². The Bertz CT molecular complexity index is 1350. The molecular formula is C27H29ClFN3O4S. The highest BCUT2D eigenvalue weighted by molar-refractivity contribution is 7.92. The normalized spacial score (nSPS) is 12.0. The van der Waals surface area contributed by atoms with Crippen molar-refractivity contribution in [1.82, 2.24) is 10.2 Å². The van der Waals surface area contributed by atoms with Crippen molar-refractivity contribution < 1.29 is 22.4 Å². The van der Waals surface area contributed by atoms with Crippen LogP contribution in [0.2, 0.25) is 5.02 Å². The number of carbonyl (C=O) groups excluding carboxylic acids is 2. The highest BCUT2D eigenvalue weighted by Gasteiger charge is 2.32. The Morgan fingerprint density at radius 3 is 2.22 bits per heavy atom. The van der Waals surface area contributed by atoms with Gasteiger partial charge in [0.15, 0.2) is 0 Å². The predicted octanol–water partition coefficient (Wildman–Crippen LogP) is 4.54. The van der Waals surface area contributed by atoms with Crippen molar-refractivity contribution in [3.05, 3.63) is 94.8 Å². The second-order valence-corrected chi connectivity index (χ2v) is 10.8. The number of amides is 2. The van der Waals surface area contributed by atoms with Crippen LogP contribution in [0.1, 0.15) is 25.0 Å².